The van der Waals surface area contributed by atoms with Crippen LogP contribution in [0.3, 0.4) is 0 Å². The Kier molecular flexibility index (Phi) is 5.03. The lowest BCUT2D eigenvalue weighted by Gasteiger charge is -2.21. The molecule has 1 saturated heterocycles. The fraction of sp³-hybridized carbons (Fsp3) is 0.375. The Bertz CT molecular complexity index is 683. The number of nitrogens with zero attached hydrogens (tertiary/aromatic N) is 2. The molecule has 0 unspecified atom stereocenters. The number of halogens is 1. The van der Waals surface area contributed by atoms with Gasteiger partial charge in [0.25, 0.3) is 5.91 Å². The molecule has 122 valence electrons. The van der Waals surface area contributed by atoms with Gasteiger partial charge in [0.1, 0.15) is 0 Å². The summed E-state index contributed by atoms with van der Waals surface area (Å²) in [6.07, 6.45) is 2.99. The molecule has 2 aromatic rings. The van der Waals surface area contributed by atoms with Crippen LogP contribution in [0.5, 0.6) is 0 Å². The van der Waals surface area contributed by atoms with E-state index in [9.17, 15) is 9.59 Å². The number of hydrogen-bond donors (Lipinski definition) is 1. The van der Waals surface area contributed by atoms with Gasteiger partial charge in [0.2, 0.25) is 5.91 Å². The standard InChI is InChI=1S/C16H18ClN3O2S/c17-14-5-4-13(23-14)16(22)20-8-2-7-19(9-10-20)15(21)11-12-3-1-6-18-12/h1,3-6,18H,2,7-11H2. The minimum Gasteiger partial charge on any atom is -0.365 e. The second-order valence-corrected chi connectivity index (χ2v) is 7.22. The Hall–Kier alpha value is -1.79. The average molecular weight is 352 g/mol. The Balaban J connectivity index is 1.58. The van der Waals surface area contributed by atoms with Crippen LogP contribution < -0.4 is 0 Å². The van der Waals surface area contributed by atoms with Crippen LogP contribution in [0.25, 0.3) is 0 Å². The summed E-state index contributed by atoms with van der Waals surface area (Å²) in [6, 6.07) is 7.29. The number of amides is 2. The number of carbonyl (C=O) groups excluding carboxylic acids is 2. The predicted octanol–water partition coefficient (Wildman–Crippen LogP) is 2.65. The zero-order chi connectivity index (χ0) is 16.2. The van der Waals surface area contributed by atoms with Crippen molar-refractivity contribution in [3.63, 3.8) is 0 Å². The molecular weight excluding hydrogens is 334 g/mol. The Morgan fingerprint density at radius 1 is 1.13 bits per heavy atom. The number of aromatic nitrogens is 1. The smallest absolute Gasteiger partial charge is 0.264 e. The van der Waals surface area contributed by atoms with Crippen LogP contribution in [0.2, 0.25) is 4.34 Å². The third kappa shape index (κ3) is 3.95. The van der Waals surface area contributed by atoms with E-state index >= 15 is 0 Å². The molecule has 23 heavy (non-hydrogen) atoms. The number of carbonyl (C=O) groups is 2. The van der Waals surface area contributed by atoms with E-state index in [2.05, 4.69) is 4.98 Å². The number of hydrogen-bond acceptors (Lipinski definition) is 3. The molecule has 3 heterocycles. The third-order valence-corrected chi connectivity index (χ3v) is 5.14. The molecule has 7 heteroatoms. The van der Waals surface area contributed by atoms with E-state index in [4.69, 9.17) is 11.6 Å². The first-order chi connectivity index (χ1) is 11.1. The summed E-state index contributed by atoms with van der Waals surface area (Å²) in [5, 5.41) is 0. The van der Waals surface area contributed by atoms with Crippen LogP contribution in [-0.4, -0.2) is 52.8 Å². The van der Waals surface area contributed by atoms with Crippen LogP contribution in [0, 0.1) is 0 Å². The summed E-state index contributed by atoms with van der Waals surface area (Å²) in [6.45, 7) is 2.49. The highest BCUT2D eigenvalue weighted by Crippen LogP contribution is 2.23. The highest BCUT2D eigenvalue weighted by molar-refractivity contribution is 7.17. The minimum atomic E-state index is 0.000525. The van der Waals surface area contributed by atoms with Crippen molar-refractivity contribution in [3.8, 4) is 0 Å². The quantitative estimate of drug-likeness (QED) is 0.924. The van der Waals surface area contributed by atoms with Gasteiger partial charge < -0.3 is 14.8 Å². The van der Waals surface area contributed by atoms with E-state index in [0.717, 1.165) is 12.1 Å². The van der Waals surface area contributed by atoms with E-state index in [1.54, 1.807) is 12.1 Å². The lowest BCUT2D eigenvalue weighted by molar-refractivity contribution is -0.130. The second kappa shape index (κ2) is 7.19. The summed E-state index contributed by atoms with van der Waals surface area (Å²) in [5.74, 6) is 0.0986. The molecule has 2 aromatic heterocycles. The second-order valence-electron chi connectivity index (χ2n) is 5.50. The number of H-pyrrole nitrogens is 1. The normalized spacial score (nSPS) is 15.5. The van der Waals surface area contributed by atoms with Crippen molar-refractivity contribution in [1.82, 2.24) is 14.8 Å². The zero-order valence-corrected chi connectivity index (χ0v) is 14.2. The van der Waals surface area contributed by atoms with Crippen molar-refractivity contribution in [1.29, 1.82) is 0 Å². The molecule has 0 bridgehead atoms. The molecule has 0 atom stereocenters. The summed E-state index contributed by atoms with van der Waals surface area (Å²) in [7, 11) is 0. The van der Waals surface area contributed by atoms with Crippen molar-refractivity contribution in [2.24, 2.45) is 0 Å². The molecule has 5 nitrogen and oxygen atoms in total. The minimum absolute atomic E-state index is 0.000525. The molecule has 0 aliphatic carbocycles. The van der Waals surface area contributed by atoms with Gasteiger partial charge in [-0.25, -0.2) is 0 Å². The molecular formula is C16H18ClN3O2S. The van der Waals surface area contributed by atoms with Gasteiger partial charge in [-0.1, -0.05) is 11.6 Å². The Morgan fingerprint density at radius 3 is 2.61 bits per heavy atom. The zero-order valence-electron chi connectivity index (χ0n) is 12.6. The largest absolute Gasteiger partial charge is 0.365 e. The first kappa shape index (κ1) is 16.1. The lowest BCUT2D eigenvalue weighted by Crippen LogP contribution is -2.37. The fourth-order valence-corrected chi connectivity index (χ4v) is 3.72. The van der Waals surface area contributed by atoms with Crippen LogP contribution in [0.15, 0.2) is 30.5 Å². The average Bonchev–Trinajstić information content (AvgIpc) is 3.12. The summed E-state index contributed by atoms with van der Waals surface area (Å²) < 4.78 is 0.617. The first-order valence-electron chi connectivity index (χ1n) is 7.58. The molecule has 1 fully saturated rings. The molecule has 2 amide bonds. The van der Waals surface area contributed by atoms with Gasteiger partial charge in [0, 0.05) is 38.1 Å². The fourth-order valence-electron chi connectivity index (χ4n) is 2.71. The molecule has 3 rings (SSSR count). The third-order valence-electron chi connectivity index (χ3n) is 3.92. The van der Waals surface area contributed by atoms with Gasteiger partial charge in [0.05, 0.1) is 15.6 Å². The number of nitrogens with one attached hydrogen (secondary N) is 1. The van der Waals surface area contributed by atoms with Crippen LogP contribution in [0.1, 0.15) is 21.8 Å². The Labute approximate surface area is 143 Å². The first-order valence-corrected chi connectivity index (χ1v) is 8.77. The van der Waals surface area contributed by atoms with Gasteiger partial charge in [-0.05, 0) is 30.7 Å². The lowest BCUT2D eigenvalue weighted by atomic mass is 10.2. The predicted molar refractivity (Wildman–Crippen MR) is 90.9 cm³/mol. The van der Waals surface area contributed by atoms with Crippen molar-refractivity contribution in [2.75, 3.05) is 26.2 Å². The number of thiophene rings is 1. The van der Waals surface area contributed by atoms with Crippen LogP contribution >= 0.6 is 22.9 Å². The van der Waals surface area contributed by atoms with E-state index in [1.165, 1.54) is 11.3 Å². The maximum absolute atomic E-state index is 12.5. The van der Waals surface area contributed by atoms with E-state index in [1.807, 2.05) is 28.1 Å². The van der Waals surface area contributed by atoms with Crippen molar-refractivity contribution >= 4 is 34.8 Å². The van der Waals surface area contributed by atoms with E-state index in [0.29, 0.717) is 41.8 Å². The maximum atomic E-state index is 12.5. The Morgan fingerprint density at radius 2 is 1.91 bits per heavy atom. The summed E-state index contributed by atoms with van der Waals surface area (Å²) in [4.78, 5) is 32.2. The van der Waals surface area contributed by atoms with Gasteiger partial charge >= 0.3 is 0 Å². The van der Waals surface area contributed by atoms with Crippen molar-refractivity contribution in [2.45, 2.75) is 12.8 Å². The van der Waals surface area contributed by atoms with Gasteiger partial charge in [-0.3, -0.25) is 9.59 Å². The molecule has 0 aromatic carbocycles. The summed E-state index contributed by atoms with van der Waals surface area (Å²) in [5.41, 5.74) is 0.917. The topological polar surface area (TPSA) is 56.4 Å². The number of aromatic amines is 1. The van der Waals surface area contributed by atoms with Crippen LogP contribution in [-0.2, 0) is 11.2 Å². The molecule has 0 saturated carbocycles. The maximum Gasteiger partial charge on any atom is 0.264 e. The SMILES string of the molecule is O=C(Cc1ccc[nH]1)N1CCCN(C(=O)c2ccc(Cl)s2)CC1. The van der Waals surface area contributed by atoms with Crippen LogP contribution in [0.4, 0.5) is 0 Å². The molecule has 1 aliphatic rings. The highest BCUT2D eigenvalue weighted by atomic mass is 35.5. The van der Waals surface area contributed by atoms with Crippen molar-refractivity contribution < 1.29 is 9.59 Å². The van der Waals surface area contributed by atoms with E-state index in [-0.39, 0.29) is 11.8 Å². The molecule has 0 radical (unpaired) electrons. The molecule has 0 spiro atoms. The van der Waals surface area contributed by atoms with Gasteiger partial charge in [0.15, 0.2) is 0 Å². The van der Waals surface area contributed by atoms with Gasteiger partial charge in [-0.2, -0.15) is 0 Å². The molecule has 1 N–H and O–H groups in total. The van der Waals surface area contributed by atoms with Crippen molar-refractivity contribution in [3.05, 3.63) is 45.4 Å². The monoisotopic (exact) mass is 351 g/mol. The van der Waals surface area contributed by atoms with Gasteiger partial charge in [-0.15, -0.1) is 11.3 Å². The van der Waals surface area contributed by atoms with E-state index < -0.39 is 0 Å². The summed E-state index contributed by atoms with van der Waals surface area (Å²) >= 11 is 7.20. The number of rotatable bonds is 3. The highest BCUT2D eigenvalue weighted by Gasteiger charge is 2.23. The molecule has 1 aliphatic heterocycles.